The van der Waals surface area contributed by atoms with E-state index in [1.807, 2.05) is 0 Å². The zero-order valence-electron chi connectivity index (χ0n) is 9.71. The van der Waals surface area contributed by atoms with Crippen LogP contribution in [-0.4, -0.2) is 34.0 Å². The van der Waals surface area contributed by atoms with Gasteiger partial charge in [0.05, 0.1) is 18.9 Å². The van der Waals surface area contributed by atoms with Crippen molar-refractivity contribution in [2.75, 3.05) is 12.4 Å². The number of thiophene rings is 1. The highest BCUT2D eigenvalue weighted by molar-refractivity contribution is 7.14. The lowest BCUT2D eigenvalue weighted by molar-refractivity contribution is 0.0602. The number of hydrogen-bond donors (Lipinski definition) is 1. The third-order valence-electron chi connectivity index (χ3n) is 2.13. The Morgan fingerprint density at radius 3 is 2.89 bits per heavy atom. The van der Waals surface area contributed by atoms with Gasteiger partial charge in [-0.1, -0.05) is 5.21 Å². The summed E-state index contributed by atoms with van der Waals surface area (Å²) < 4.78 is 6.03. The number of esters is 1. The van der Waals surface area contributed by atoms with Crippen molar-refractivity contribution in [1.82, 2.24) is 15.0 Å². The van der Waals surface area contributed by atoms with Crippen LogP contribution in [0.2, 0.25) is 0 Å². The van der Waals surface area contributed by atoms with Crippen LogP contribution in [0.3, 0.4) is 0 Å². The van der Waals surface area contributed by atoms with Gasteiger partial charge in [-0.25, -0.2) is 4.79 Å². The molecule has 2 aromatic heterocycles. The summed E-state index contributed by atoms with van der Waals surface area (Å²) in [5.74, 6) is -0.915. The van der Waals surface area contributed by atoms with Crippen molar-refractivity contribution in [2.45, 2.75) is 0 Å². The van der Waals surface area contributed by atoms with Gasteiger partial charge in [0.2, 0.25) is 0 Å². The van der Waals surface area contributed by atoms with Gasteiger partial charge in [-0.3, -0.25) is 9.48 Å². The number of aryl methyl sites for hydroxylation is 1. The zero-order chi connectivity index (χ0) is 13.1. The summed E-state index contributed by atoms with van der Waals surface area (Å²) in [6, 6.07) is 1.59. The second-order valence-electron chi connectivity index (χ2n) is 3.39. The van der Waals surface area contributed by atoms with E-state index in [9.17, 15) is 9.59 Å². The van der Waals surface area contributed by atoms with Gasteiger partial charge in [-0.2, -0.15) is 0 Å². The molecule has 2 aromatic rings. The Bertz CT molecular complexity index is 589. The highest BCUT2D eigenvalue weighted by atomic mass is 32.1. The van der Waals surface area contributed by atoms with Gasteiger partial charge < -0.3 is 10.1 Å². The van der Waals surface area contributed by atoms with Crippen molar-refractivity contribution in [3.63, 3.8) is 0 Å². The molecule has 0 aliphatic rings. The first-order valence-electron chi connectivity index (χ1n) is 4.95. The second kappa shape index (κ2) is 4.96. The first-order valence-corrected chi connectivity index (χ1v) is 5.83. The van der Waals surface area contributed by atoms with E-state index in [0.29, 0.717) is 10.6 Å². The monoisotopic (exact) mass is 266 g/mol. The van der Waals surface area contributed by atoms with Crippen molar-refractivity contribution in [1.29, 1.82) is 0 Å². The molecule has 94 valence electrons. The van der Waals surface area contributed by atoms with E-state index in [4.69, 9.17) is 0 Å². The molecule has 0 atom stereocenters. The molecule has 0 aromatic carbocycles. The molecule has 8 heteroatoms. The van der Waals surface area contributed by atoms with Crippen LogP contribution >= 0.6 is 11.3 Å². The Labute approximate surface area is 106 Å². The van der Waals surface area contributed by atoms with E-state index in [-0.39, 0.29) is 5.69 Å². The van der Waals surface area contributed by atoms with E-state index in [1.54, 1.807) is 18.5 Å². The van der Waals surface area contributed by atoms with Crippen LogP contribution < -0.4 is 5.32 Å². The molecule has 0 fully saturated rings. The molecule has 0 saturated heterocycles. The summed E-state index contributed by atoms with van der Waals surface area (Å²) in [5, 5.41) is 12.1. The molecule has 0 spiro atoms. The molecule has 0 aliphatic heterocycles. The van der Waals surface area contributed by atoms with Gasteiger partial charge in [-0.05, 0) is 11.4 Å². The Morgan fingerprint density at radius 2 is 2.28 bits per heavy atom. The van der Waals surface area contributed by atoms with E-state index < -0.39 is 11.9 Å². The van der Waals surface area contributed by atoms with E-state index in [2.05, 4.69) is 20.4 Å². The maximum atomic E-state index is 11.8. The van der Waals surface area contributed by atoms with Gasteiger partial charge in [0.1, 0.15) is 5.00 Å². The predicted octanol–water partition coefficient (Wildman–Crippen LogP) is 0.915. The number of nitrogens with one attached hydrogen (secondary N) is 1. The third kappa shape index (κ3) is 2.38. The second-order valence-corrected chi connectivity index (χ2v) is 4.30. The lowest BCUT2D eigenvalue weighted by Gasteiger charge is -2.02. The Hall–Kier alpha value is -2.22. The maximum absolute atomic E-state index is 11.8. The number of carbonyl (C=O) groups excluding carboxylic acids is 2. The average Bonchev–Trinajstić information content (AvgIpc) is 2.97. The van der Waals surface area contributed by atoms with Crippen LogP contribution in [0, 0.1) is 0 Å². The normalized spacial score (nSPS) is 10.1. The molecule has 2 heterocycles. The topological polar surface area (TPSA) is 86.1 Å². The minimum Gasteiger partial charge on any atom is -0.465 e. The predicted molar refractivity (Wildman–Crippen MR) is 64.6 cm³/mol. The molecular weight excluding hydrogens is 256 g/mol. The van der Waals surface area contributed by atoms with Crippen LogP contribution in [0.4, 0.5) is 5.00 Å². The first-order chi connectivity index (χ1) is 8.61. The average molecular weight is 266 g/mol. The number of anilines is 1. The molecule has 0 bridgehead atoms. The van der Waals surface area contributed by atoms with Gasteiger partial charge in [-0.15, -0.1) is 16.4 Å². The number of amides is 1. The minimum absolute atomic E-state index is 0.182. The third-order valence-corrected chi connectivity index (χ3v) is 2.96. The quantitative estimate of drug-likeness (QED) is 0.835. The Balaban J connectivity index is 2.17. The van der Waals surface area contributed by atoms with E-state index >= 15 is 0 Å². The molecule has 2 rings (SSSR count). The fourth-order valence-electron chi connectivity index (χ4n) is 1.30. The minimum atomic E-state index is -0.495. The van der Waals surface area contributed by atoms with Crippen molar-refractivity contribution in [2.24, 2.45) is 7.05 Å². The lowest BCUT2D eigenvalue weighted by atomic mass is 10.3. The smallest absolute Gasteiger partial charge is 0.340 e. The molecule has 0 aliphatic carbocycles. The highest BCUT2D eigenvalue weighted by Crippen LogP contribution is 2.24. The van der Waals surface area contributed by atoms with Crippen molar-refractivity contribution in [3.8, 4) is 0 Å². The number of methoxy groups -OCH3 is 1. The standard InChI is InChI=1S/C10H10N4O3S/c1-14-5-7(12-13-14)8(15)11-9-6(3-4-18-9)10(16)17-2/h3-5H,1-2H3,(H,11,15). The fourth-order valence-corrected chi connectivity index (χ4v) is 2.07. The molecule has 7 nitrogen and oxygen atoms in total. The maximum Gasteiger partial charge on any atom is 0.340 e. The van der Waals surface area contributed by atoms with Crippen molar-refractivity contribution >= 4 is 28.2 Å². The van der Waals surface area contributed by atoms with Gasteiger partial charge >= 0.3 is 5.97 Å². The largest absolute Gasteiger partial charge is 0.465 e. The number of ether oxygens (including phenoxy) is 1. The number of aromatic nitrogens is 3. The fraction of sp³-hybridized carbons (Fsp3) is 0.200. The molecule has 1 amide bonds. The highest BCUT2D eigenvalue weighted by Gasteiger charge is 2.17. The number of hydrogen-bond acceptors (Lipinski definition) is 6. The van der Waals surface area contributed by atoms with Gasteiger partial charge in [0.15, 0.2) is 5.69 Å². The molecule has 1 N–H and O–H groups in total. The summed E-state index contributed by atoms with van der Waals surface area (Å²) in [6.07, 6.45) is 1.49. The number of carbonyl (C=O) groups is 2. The van der Waals surface area contributed by atoms with E-state index in [1.165, 1.54) is 29.3 Å². The van der Waals surface area contributed by atoms with Crippen LogP contribution in [-0.2, 0) is 11.8 Å². The zero-order valence-corrected chi connectivity index (χ0v) is 10.5. The lowest BCUT2D eigenvalue weighted by Crippen LogP contribution is -2.14. The summed E-state index contributed by atoms with van der Waals surface area (Å²) in [5.41, 5.74) is 0.501. The SMILES string of the molecule is COC(=O)c1ccsc1NC(=O)c1cn(C)nn1. The molecule has 18 heavy (non-hydrogen) atoms. The van der Waals surface area contributed by atoms with Crippen LogP contribution in [0.25, 0.3) is 0 Å². The van der Waals surface area contributed by atoms with Gasteiger partial charge in [0, 0.05) is 7.05 Å². The Morgan fingerprint density at radius 1 is 1.50 bits per heavy atom. The number of nitrogens with zero attached hydrogens (tertiary/aromatic N) is 3. The summed E-state index contributed by atoms with van der Waals surface area (Å²) in [6.45, 7) is 0. The summed E-state index contributed by atoms with van der Waals surface area (Å²) in [4.78, 5) is 23.2. The van der Waals surface area contributed by atoms with Crippen molar-refractivity contribution < 1.29 is 14.3 Å². The molecule has 0 radical (unpaired) electrons. The Kier molecular flexibility index (Phi) is 3.38. The molecule has 0 saturated carbocycles. The summed E-state index contributed by atoms with van der Waals surface area (Å²) in [7, 11) is 2.95. The van der Waals surface area contributed by atoms with Crippen LogP contribution in [0.5, 0.6) is 0 Å². The van der Waals surface area contributed by atoms with Crippen LogP contribution in [0.1, 0.15) is 20.8 Å². The van der Waals surface area contributed by atoms with Crippen LogP contribution in [0.15, 0.2) is 17.6 Å². The molecular formula is C10H10N4O3S. The van der Waals surface area contributed by atoms with Gasteiger partial charge in [0.25, 0.3) is 5.91 Å². The number of rotatable bonds is 3. The molecule has 0 unspecified atom stereocenters. The first kappa shape index (κ1) is 12.2. The van der Waals surface area contributed by atoms with Crippen molar-refractivity contribution in [3.05, 3.63) is 28.9 Å². The summed E-state index contributed by atoms with van der Waals surface area (Å²) >= 11 is 1.24. The van der Waals surface area contributed by atoms with E-state index in [0.717, 1.165) is 0 Å².